The Bertz CT molecular complexity index is 427. The summed E-state index contributed by atoms with van der Waals surface area (Å²) in [6.45, 7) is 1.77. The lowest BCUT2D eigenvalue weighted by molar-refractivity contribution is -0.136. The smallest absolute Gasteiger partial charge is 0.389 e. The Balaban J connectivity index is 2.48. The molecular weight excluding hydrogens is 307 g/mol. The van der Waals surface area contributed by atoms with E-state index in [1.807, 2.05) is 0 Å². The van der Waals surface area contributed by atoms with Crippen LogP contribution in [0.15, 0.2) is 18.2 Å². The molecule has 0 spiro atoms. The van der Waals surface area contributed by atoms with E-state index in [9.17, 15) is 13.2 Å². The van der Waals surface area contributed by atoms with E-state index in [0.717, 1.165) is 5.56 Å². The molecule has 0 saturated heterocycles. The van der Waals surface area contributed by atoms with Crippen LogP contribution in [0, 0.1) is 0 Å². The van der Waals surface area contributed by atoms with Gasteiger partial charge in [0.1, 0.15) is 5.75 Å². The van der Waals surface area contributed by atoms with E-state index in [0.29, 0.717) is 30.5 Å². The highest BCUT2D eigenvalue weighted by Gasteiger charge is 2.26. The summed E-state index contributed by atoms with van der Waals surface area (Å²) in [6, 6.07) is 5.06. The van der Waals surface area contributed by atoms with Crippen molar-refractivity contribution < 1.29 is 22.6 Å². The molecule has 3 nitrogen and oxygen atoms in total. The van der Waals surface area contributed by atoms with Crippen LogP contribution in [0.3, 0.4) is 0 Å². The van der Waals surface area contributed by atoms with E-state index in [1.165, 1.54) is 0 Å². The van der Waals surface area contributed by atoms with Crippen LogP contribution in [-0.2, 0) is 11.3 Å². The number of benzene rings is 1. The molecule has 0 amide bonds. The zero-order chi connectivity index (χ0) is 15.7. The summed E-state index contributed by atoms with van der Waals surface area (Å²) in [5.74, 6) is 0.548. The first-order chi connectivity index (χ1) is 9.92. The summed E-state index contributed by atoms with van der Waals surface area (Å²) in [6.07, 6.45) is -5.06. The predicted octanol–water partition coefficient (Wildman–Crippen LogP) is 3.80. The Labute approximate surface area is 127 Å². The molecule has 120 valence electrons. The predicted molar refractivity (Wildman–Crippen MR) is 75.8 cm³/mol. The van der Waals surface area contributed by atoms with Gasteiger partial charge >= 0.3 is 6.18 Å². The third kappa shape index (κ3) is 8.14. The maximum absolute atomic E-state index is 12.1. The number of hydrogen-bond acceptors (Lipinski definition) is 3. The molecule has 1 aromatic carbocycles. The standard InChI is InChI=1S/C14H19ClF3NO2/c1-20-8-6-19-10-11-9-12(15)3-4-13(11)21-7-2-5-14(16,17)18/h3-4,9,19H,2,5-8,10H2,1H3. The second kappa shape index (κ2) is 9.12. The van der Waals surface area contributed by atoms with Crippen LogP contribution in [0.5, 0.6) is 5.75 Å². The summed E-state index contributed by atoms with van der Waals surface area (Å²) in [5.41, 5.74) is 0.811. The number of methoxy groups -OCH3 is 1. The SMILES string of the molecule is COCCNCc1cc(Cl)ccc1OCCCC(F)(F)F. The minimum atomic E-state index is -4.14. The molecule has 0 heterocycles. The average molecular weight is 326 g/mol. The number of nitrogens with one attached hydrogen (secondary N) is 1. The van der Waals surface area contributed by atoms with Crippen molar-refractivity contribution in [3.8, 4) is 5.75 Å². The zero-order valence-electron chi connectivity index (χ0n) is 11.8. The molecular formula is C14H19ClF3NO2. The summed E-state index contributed by atoms with van der Waals surface area (Å²) < 4.78 is 46.5. The van der Waals surface area contributed by atoms with Gasteiger partial charge in [0, 0.05) is 37.2 Å². The van der Waals surface area contributed by atoms with Gasteiger partial charge in [0.05, 0.1) is 13.2 Å². The van der Waals surface area contributed by atoms with Crippen LogP contribution in [0.4, 0.5) is 13.2 Å². The molecule has 1 N–H and O–H groups in total. The first-order valence-corrected chi connectivity index (χ1v) is 6.98. The largest absolute Gasteiger partial charge is 0.493 e. The van der Waals surface area contributed by atoms with Gasteiger partial charge in [0.25, 0.3) is 0 Å². The summed E-state index contributed by atoms with van der Waals surface area (Å²) in [7, 11) is 1.61. The molecule has 0 unspecified atom stereocenters. The average Bonchev–Trinajstić information content (AvgIpc) is 2.40. The molecule has 0 saturated carbocycles. The second-order valence-electron chi connectivity index (χ2n) is 4.49. The minimum absolute atomic E-state index is 0.0201. The third-order valence-corrected chi connectivity index (χ3v) is 2.92. The summed E-state index contributed by atoms with van der Waals surface area (Å²) in [4.78, 5) is 0. The van der Waals surface area contributed by atoms with E-state index in [-0.39, 0.29) is 13.0 Å². The van der Waals surface area contributed by atoms with Gasteiger partial charge < -0.3 is 14.8 Å². The number of halogens is 4. The van der Waals surface area contributed by atoms with Crippen LogP contribution in [-0.4, -0.2) is 33.0 Å². The van der Waals surface area contributed by atoms with Crippen LogP contribution in [0.25, 0.3) is 0 Å². The Morgan fingerprint density at radius 1 is 1.24 bits per heavy atom. The van der Waals surface area contributed by atoms with Crippen LogP contribution < -0.4 is 10.1 Å². The number of hydrogen-bond donors (Lipinski definition) is 1. The fourth-order valence-corrected chi connectivity index (χ4v) is 1.87. The lowest BCUT2D eigenvalue weighted by atomic mass is 10.2. The second-order valence-corrected chi connectivity index (χ2v) is 4.93. The Kier molecular flexibility index (Phi) is 7.85. The van der Waals surface area contributed by atoms with E-state index < -0.39 is 12.6 Å². The van der Waals surface area contributed by atoms with Crippen molar-refractivity contribution in [2.75, 3.05) is 26.9 Å². The topological polar surface area (TPSA) is 30.5 Å². The summed E-state index contributed by atoms with van der Waals surface area (Å²) >= 11 is 5.92. The number of rotatable bonds is 9. The third-order valence-electron chi connectivity index (χ3n) is 2.68. The molecule has 0 aliphatic carbocycles. The van der Waals surface area contributed by atoms with Crippen molar-refractivity contribution in [1.29, 1.82) is 0 Å². The van der Waals surface area contributed by atoms with E-state index in [4.69, 9.17) is 21.1 Å². The first-order valence-electron chi connectivity index (χ1n) is 6.60. The minimum Gasteiger partial charge on any atom is -0.493 e. The number of ether oxygens (including phenoxy) is 2. The molecule has 0 bridgehead atoms. The zero-order valence-corrected chi connectivity index (χ0v) is 12.6. The molecule has 7 heteroatoms. The maximum Gasteiger partial charge on any atom is 0.389 e. The lowest BCUT2D eigenvalue weighted by Gasteiger charge is -2.13. The Morgan fingerprint density at radius 2 is 2.00 bits per heavy atom. The molecule has 0 aliphatic rings. The monoisotopic (exact) mass is 325 g/mol. The van der Waals surface area contributed by atoms with Gasteiger partial charge in [-0.15, -0.1) is 0 Å². The molecule has 0 radical (unpaired) electrons. The van der Waals surface area contributed by atoms with Crippen molar-refractivity contribution in [3.05, 3.63) is 28.8 Å². The Hall–Kier alpha value is -0.980. The van der Waals surface area contributed by atoms with Gasteiger partial charge in [-0.1, -0.05) is 11.6 Å². The maximum atomic E-state index is 12.1. The normalized spacial score (nSPS) is 11.7. The van der Waals surface area contributed by atoms with Crippen LogP contribution in [0.1, 0.15) is 18.4 Å². The van der Waals surface area contributed by atoms with Crippen LogP contribution in [0.2, 0.25) is 5.02 Å². The van der Waals surface area contributed by atoms with Gasteiger partial charge in [-0.2, -0.15) is 13.2 Å². The molecule has 0 fully saturated rings. The van der Waals surface area contributed by atoms with Crippen molar-refractivity contribution in [3.63, 3.8) is 0 Å². The first kappa shape index (κ1) is 18.1. The Morgan fingerprint density at radius 3 is 2.67 bits per heavy atom. The highest BCUT2D eigenvalue weighted by Crippen LogP contribution is 2.25. The molecule has 0 aromatic heterocycles. The molecule has 1 aromatic rings. The van der Waals surface area contributed by atoms with Crippen molar-refractivity contribution in [2.45, 2.75) is 25.6 Å². The van der Waals surface area contributed by atoms with Crippen molar-refractivity contribution >= 4 is 11.6 Å². The van der Waals surface area contributed by atoms with Gasteiger partial charge in [0.15, 0.2) is 0 Å². The van der Waals surface area contributed by atoms with Crippen molar-refractivity contribution in [2.24, 2.45) is 0 Å². The van der Waals surface area contributed by atoms with Crippen LogP contribution >= 0.6 is 11.6 Å². The molecule has 0 atom stereocenters. The molecule has 0 aliphatic heterocycles. The fraction of sp³-hybridized carbons (Fsp3) is 0.571. The van der Waals surface area contributed by atoms with E-state index in [2.05, 4.69) is 5.32 Å². The van der Waals surface area contributed by atoms with Gasteiger partial charge in [-0.3, -0.25) is 0 Å². The molecule has 1 rings (SSSR count). The lowest BCUT2D eigenvalue weighted by Crippen LogP contribution is -2.19. The van der Waals surface area contributed by atoms with E-state index in [1.54, 1.807) is 25.3 Å². The van der Waals surface area contributed by atoms with Gasteiger partial charge in [0.2, 0.25) is 0 Å². The molecule has 21 heavy (non-hydrogen) atoms. The van der Waals surface area contributed by atoms with Crippen molar-refractivity contribution in [1.82, 2.24) is 5.32 Å². The van der Waals surface area contributed by atoms with E-state index >= 15 is 0 Å². The highest BCUT2D eigenvalue weighted by molar-refractivity contribution is 6.30. The quantitative estimate of drug-likeness (QED) is 0.701. The highest BCUT2D eigenvalue weighted by atomic mass is 35.5. The fourth-order valence-electron chi connectivity index (χ4n) is 1.68. The van der Waals surface area contributed by atoms with Gasteiger partial charge in [-0.05, 0) is 24.6 Å². The van der Waals surface area contributed by atoms with Gasteiger partial charge in [-0.25, -0.2) is 0 Å². The number of alkyl halides is 3. The summed E-state index contributed by atoms with van der Waals surface area (Å²) in [5, 5.41) is 3.70.